The van der Waals surface area contributed by atoms with Crippen LogP contribution in [0.4, 0.5) is 4.39 Å². The number of hydrogen-bond acceptors (Lipinski definition) is 6. The SMILES string of the molecule is CCOCC(=O)C(C=NCC(OC)OC)C(=O)NCc1ccc(F)cc1CC. The van der Waals surface area contributed by atoms with Gasteiger partial charge >= 0.3 is 0 Å². The molecule has 0 saturated heterocycles. The smallest absolute Gasteiger partial charge is 0.236 e. The Labute approximate surface area is 165 Å². The Morgan fingerprint density at radius 3 is 2.54 bits per heavy atom. The minimum Gasteiger partial charge on any atom is -0.374 e. The lowest BCUT2D eigenvalue weighted by Crippen LogP contribution is -2.38. The van der Waals surface area contributed by atoms with Gasteiger partial charge in [0.05, 0.1) is 6.54 Å². The number of benzene rings is 1. The van der Waals surface area contributed by atoms with E-state index >= 15 is 0 Å². The number of hydrogen-bond donors (Lipinski definition) is 1. The van der Waals surface area contributed by atoms with Crippen LogP contribution in [-0.4, -0.2) is 58.2 Å². The Bertz CT molecular complexity index is 662. The molecule has 1 aromatic carbocycles. The van der Waals surface area contributed by atoms with Crippen molar-refractivity contribution in [1.82, 2.24) is 5.32 Å². The zero-order valence-electron chi connectivity index (χ0n) is 16.9. The molecule has 7 nitrogen and oxygen atoms in total. The molecule has 0 fully saturated rings. The van der Waals surface area contributed by atoms with Gasteiger partial charge in [0.1, 0.15) is 18.3 Å². The summed E-state index contributed by atoms with van der Waals surface area (Å²) in [5.41, 5.74) is 1.60. The first kappa shape index (κ1) is 23.9. The van der Waals surface area contributed by atoms with Crippen LogP contribution in [0.1, 0.15) is 25.0 Å². The summed E-state index contributed by atoms with van der Waals surface area (Å²) in [6.07, 6.45) is 1.35. The molecule has 1 aromatic rings. The van der Waals surface area contributed by atoms with Crippen LogP contribution in [0.5, 0.6) is 0 Å². The van der Waals surface area contributed by atoms with Crippen LogP contribution in [0.25, 0.3) is 0 Å². The molecule has 0 aliphatic heterocycles. The molecule has 8 heteroatoms. The van der Waals surface area contributed by atoms with E-state index in [1.165, 1.54) is 32.6 Å². The highest BCUT2D eigenvalue weighted by Crippen LogP contribution is 2.12. The van der Waals surface area contributed by atoms with Gasteiger partial charge in [-0.1, -0.05) is 13.0 Å². The summed E-state index contributed by atoms with van der Waals surface area (Å²) in [5, 5.41) is 2.73. The van der Waals surface area contributed by atoms with Crippen LogP contribution in [0.3, 0.4) is 0 Å². The minimum absolute atomic E-state index is 0.149. The summed E-state index contributed by atoms with van der Waals surface area (Å²) in [4.78, 5) is 29.0. The van der Waals surface area contributed by atoms with Gasteiger partial charge in [0.2, 0.25) is 5.91 Å². The lowest BCUT2D eigenvalue weighted by molar-refractivity contribution is -0.133. The van der Waals surface area contributed by atoms with Crippen molar-refractivity contribution < 1.29 is 28.2 Å². The molecule has 0 bridgehead atoms. The number of aryl methyl sites for hydroxylation is 1. The molecule has 0 heterocycles. The Kier molecular flexibility index (Phi) is 11.2. The number of ketones is 1. The predicted octanol–water partition coefficient (Wildman–Crippen LogP) is 1.92. The second-order valence-corrected chi connectivity index (χ2v) is 5.98. The lowest BCUT2D eigenvalue weighted by Gasteiger charge is -2.15. The Hall–Kier alpha value is -2.16. The molecule has 28 heavy (non-hydrogen) atoms. The zero-order chi connectivity index (χ0) is 20.9. The highest BCUT2D eigenvalue weighted by Gasteiger charge is 2.25. The van der Waals surface area contributed by atoms with E-state index in [-0.39, 0.29) is 25.5 Å². The third-order valence-corrected chi connectivity index (χ3v) is 4.11. The first-order valence-electron chi connectivity index (χ1n) is 9.17. The monoisotopic (exact) mass is 396 g/mol. The maximum Gasteiger partial charge on any atom is 0.236 e. The van der Waals surface area contributed by atoms with Crippen molar-refractivity contribution in [3.8, 4) is 0 Å². The van der Waals surface area contributed by atoms with Crippen molar-refractivity contribution in [2.45, 2.75) is 33.1 Å². The number of Topliss-reactive ketones (excluding diaryl/α,β-unsaturated/α-hetero) is 1. The molecule has 0 aliphatic carbocycles. The summed E-state index contributed by atoms with van der Waals surface area (Å²) in [6, 6.07) is 4.41. The van der Waals surface area contributed by atoms with Crippen molar-refractivity contribution in [1.29, 1.82) is 0 Å². The Morgan fingerprint density at radius 2 is 1.93 bits per heavy atom. The van der Waals surface area contributed by atoms with Crippen molar-refractivity contribution in [2.75, 3.05) is 34.0 Å². The van der Waals surface area contributed by atoms with Gasteiger partial charge in [0.15, 0.2) is 12.1 Å². The number of nitrogens with one attached hydrogen (secondary N) is 1. The number of amides is 1. The second-order valence-electron chi connectivity index (χ2n) is 5.98. The summed E-state index contributed by atoms with van der Waals surface area (Å²) in [5.74, 6) is -2.31. The fourth-order valence-corrected chi connectivity index (χ4v) is 2.48. The summed E-state index contributed by atoms with van der Waals surface area (Å²) < 4.78 is 28.6. The van der Waals surface area contributed by atoms with Crippen LogP contribution in [0.2, 0.25) is 0 Å². The van der Waals surface area contributed by atoms with Crippen LogP contribution in [0, 0.1) is 11.7 Å². The molecule has 1 unspecified atom stereocenters. The minimum atomic E-state index is -1.09. The number of carbonyl (C=O) groups is 2. The molecule has 1 amide bonds. The predicted molar refractivity (Wildman–Crippen MR) is 104 cm³/mol. The number of aliphatic imine (C=N–C) groups is 1. The Morgan fingerprint density at radius 1 is 1.21 bits per heavy atom. The number of methoxy groups -OCH3 is 2. The van der Waals surface area contributed by atoms with Crippen LogP contribution < -0.4 is 5.32 Å². The molecule has 1 N–H and O–H groups in total. The topological polar surface area (TPSA) is 86.2 Å². The van der Waals surface area contributed by atoms with Gasteiger partial charge in [-0.05, 0) is 36.6 Å². The molecule has 0 spiro atoms. The van der Waals surface area contributed by atoms with Crippen molar-refractivity contribution in [3.05, 3.63) is 35.1 Å². The highest BCUT2D eigenvalue weighted by atomic mass is 19.1. The van der Waals surface area contributed by atoms with E-state index in [1.807, 2.05) is 6.92 Å². The van der Waals surface area contributed by atoms with Gasteiger partial charge in [-0.25, -0.2) is 4.39 Å². The molecule has 0 radical (unpaired) electrons. The van der Waals surface area contributed by atoms with E-state index in [2.05, 4.69) is 10.3 Å². The fraction of sp³-hybridized carbons (Fsp3) is 0.550. The van der Waals surface area contributed by atoms with Gasteiger partial charge in [-0.3, -0.25) is 14.6 Å². The molecule has 0 saturated carbocycles. The van der Waals surface area contributed by atoms with Crippen LogP contribution in [0.15, 0.2) is 23.2 Å². The number of halogens is 1. The molecule has 1 atom stereocenters. The quantitative estimate of drug-likeness (QED) is 0.313. The van der Waals surface area contributed by atoms with E-state index in [4.69, 9.17) is 14.2 Å². The maximum atomic E-state index is 13.4. The van der Waals surface area contributed by atoms with Crippen LogP contribution >= 0.6 is 0 Å². The fourth-order valence-electron chi connectivity index (χ4n) is 2.48. The van der Waals surface area contributed by atoms with E-state index in [1.54, 1.807) is 13.0 Å². The molecule has 0 aromatic heterocycles. The van der Waals surface area contributed by atoms with E-state index < -0.39 is 23.9 Å². The molecule has 1 rings (SSSR count). The number of nitrogens with zero attached hydrogens (tertiary/aromatic N) is 1. The first-order chi connectivity index (χ1) is 13.5. The van der Waals surface area contributed by atoms with Crippen molar-refractivity contribution >= 4 is 17.9 Å². The Balaban J connectivity index is 2.83. The van der Waals surface area contributed by atoms with E-state index in [9.17, 15) is 14.0 Å². The second kappa shape index (κ2) is 13.1. The zero-order valence-corrected chi connectivity index (χ0v) is 16.9. The van der Waals surface area contributed by atoms with Gasteiger partial charge in [-0.2, -0.15) is 0 Å². The van der Waals surface area contributed by atoms with Crippen molar-refractivity contribution in [3.63, 3.8) is 0 Å². The number of carbonyl (C=O) groups excluding carboxylic acids is 2. The average molecular weight is 396 g/mol. The highest BCUT2D eigenvalue weighted by molar-refractivity contribution is 6.14. The maximum absolute atomic E-state index is 13.4. The number of rotatable bonds is 13. The standard InChI is InChI=1S/C20H29FN2O5/c1-5-14-9-16(21)8-7-15(14)10-23-20(25)17(18(24)13-28-6-2)11-22-12-19(26-3)27-4/h7-9,11,17,19H,5-6,10,12-13H2,1-4H3,(H,23,25). The molecular formula is C20H29FN2O5. The normalized spacial score (nSPS) is 12.5. The van der Waals surface area contributed by atoms with Gasteiger partial charge in [-0.15, -0.1) is 0 Å². The molecule has 0 aliphatic rings. The lowest BCUT2D eigenvalue weighted by atomic mass is 10.0. The van der Waals surface area contributed by atoms with E-state index in [0.717, 1.165) is 11.1 Å². The molecule has 156 valence electrons. The van der Waals surface area contributed by atoms with Crippen molar-refractivity contribution in [2.24, 2.45) is 10.9 Å². The van der Waals surface area contributed by atoms with Gasteiger partial charge in [0, 0.05) is 33.6 Å². The third kappa shape index (κ3) is 7.84. The third-order valence-electron chi connectivity index (χ3n) is 4.11. The summed E-state index contributed by atoms with van der Waals surface area (Å²) >= 11 is 0. The first-order valence-corrected chi connectivity index (χ1v) is 9.17. The van der Waals surface area contributed by atoms with Crippen LogP contribution in [-0.2, 0) is 36.8 Å². The molecular weight excluding hydrogens is 367 g/mol. The summed E-state index contributed by atoms with van der Waals surface area (Å²) in [7, 11) is 2.95. The van der Waals surface area contributed by atoms with E-state index in [0.29, 0.717) is 13.0 Å². The largest absolute Gasteiger partial charge is 0.374 e. The number of ether oxygens (including phenoxy) is 3. The van der Waals surface area contributed by atoms with Gasteiger partial charge < -0.3 is 19.5 Å². The average Bonchev–Trinajstić information content (AvgIpc) is 2.70. The van der Waals surface area contributed by atoms with Gasteiger partial charge in [0.25, 0.3) is 0 Å². The summed E-state index contributed by atoms with van der Waals surface area (Å²) in [6.45, 7) is 4.18.